The summed E-state index contributed by atoms with van der Waals surface area (Å²) in [7, 11) is 2.19. The van der Waals surface area contributed by atoms with Crippen LogP contribution in [-0.2, 0) is 6.54 Å². The van der Waals surface area contributed by atoms with Crippen molar-refractivity contribution in [3.63, 3.8) is 0 Å². The number of hydrogen-bond donors (Lipinski definition) is 2. The highest BCUT2D eigenvalue weighted by atomic mass is 16.6. The molecule has 0 spiro atoms. The Hall–Kier alpha value is -3.97. The number of benzene rings is 3. The van der Waals surface area contributed by atoms with E-state index in [9.17, 15) is 15.2 Å². The lowest BCUT2D eigenvalue weighted by Crippen LogP contribution is -2.28. The van der Waals surface area contributed by atoms with Gasteiger partial charge < -0.3 is 10.1 Å². The number of hydrogen-bond acceptors (Lipinski definition) is 5. The van der Waals surface area contributed by atoms with Gasteiger partial charge in [0.25, 0.3) is 5.69 Å². The number of non-ortho nitro benzene ring substituents is 1. The summed E-state index contributed by atoms with van der Waals surface area (Å²) >= 11 is 0. The zero-order valence-electron chi connectivity index (χ0n) is 19.6. The molecule has 7 heteroatoms. The molecule has 0 atom stereocenters. The molecule has 0 unspecified atom stereocenters. The molecule has 0 saturated heterocycles. The quantitative estimate of drug-likeness (QED) is 0.188. The average Bonchev–Trinajstić information content (AvgIpc) is 3.51. The summed E-state index contributed by atoms with van der Waals surface area (Å²) in [5.74, 6) is -0.0714. The standard InChI is InChI=1S/C28H28N4O3/c1-31(22-9-5-6-10-22)18-19-11-13-21(14-12-19)29-27(20-7-3-2-4-8-20)26-24-17-23(32(34)35)15-16-25(24)30-28(26)33/h2-4,7-8,11-17,22,30,33H,5-6,9-10,18H2,1H3. The fraction of sp³-hybridized carbons (Fsp3) is 0.250. The van der Waals surface area contributed by atoms with Gasteiger partial charge in [0, 0.05) is 41.2 Å². The first-order valence-corrected chi connectivity index (χ1v) is 11.9. The predicted molar refractivity (Wildman–Crippen MR) is 139 cm³/mol. The van der Waals surface area contributed by atoms with Crippen molar-refractivity contribution >= 4 is 28.0 Å². The van der Waals surface area contributed by atoms with Crippen LogP contribution in [0.5, 0.6) is 5.88 Å². The molecule has 1 aromatic heterocycles. The van der Waals surface area contributed by atoms with Crippen molar-refractivity contribution in [2.45, 2.75) is 38.3 Å². The molecule has 2 N–H and O–H groups in total. The highest BCUT2D eigenvalue weighted by Gasteiger charge is 2.21. The molecule has 1 aliphatic rings. The normalized spacial score (nSPS) is 14.7. The van der Waals surface area contributed by atoms with Gasteiger partial charge in [0.1, 0.15) is 0 Å². The first kappa shape index (κ1) is 22.8. The minimum atomic E-state index is -0.437. The number of fused-ring (bicyclic) bond motifs is 1. The molecular weight excluding hydrogens is 440 g/mol. The number of aliphatic imine (C=N–C) groups is 1. The molecule has 178 valence electrons. The Morgan fingerprint density at radius 2 is 1.80 bits per heavy atom. The molecule has 4 aromatic rings. The van der Waals surface area contributed by atoms with Crippen molar-refractivity contribution in [1.29, 1.82) is 0 Å². The van der Waals surface area contributed by atoms with Gasteiger partial charge in [-0.25, -0.2) is 4.99 Å². The lowest BCUT2D eigenvalue weighted by molar-refractivity contribution is -0.384. The van der Waals surface area contributed by atoms with Gasteiger partial charge in [0.2, 0.25) is 0 Å². The fourth-order valence-corrected chi connectivity index (χ4v) is 4.95. The summed E-state index contributed by atoms with van der Waals surface area (Å²) in [6.07, 6.45) is 5.17. The van der Waals surface area contributed by atoms with Crippen molar-refractivity contribution in [2.24, 2.45) is 4.99 Å². The van der Waals surface area contributed by atoms with Crippen LogP contribution in [0.25, 0.3) is 10.9 Å². The summed E-state index contributed by atoms with van der Waals surface area (Å²) in [6, 6.07) is 22.9. The molecule has 1 heterocycles. The van der Waals surface area contributed by atoms with Gasteiger partial charge >= 0.3 is 0 Å². The molecule has 1 aliphatic carbocycles. The third-order valence-corrected chi connectivity index (χ3v) is 6.81. The second-order valence-corrected chi connectivity index (χ2v) is 9.18. The molecule has 3 aromatic carbocycles. The highest BCUT2D eigenvalue weighted by molar-refractivity contribution is 6.22. The third-order valence-electron chi connectivity index (χ3n) is 6.81. The van der Waals surface area contributed by atoms with Crippen LogP contribution in [0.1, 0.15) is 42.4 Å². The first-order chi connectivity index (χ1) is 17.0. The van der Waals surface area contributed by atoms with E-state index < -0.39 is 4.92 Å². The Bertz CT molecular complexity index is 1370. The number of rotatable bonds is 7. The minimum Gasteiger partial charge on any atom is -0.494 e. The molecule has 0 radical (unpaired) electrons. The molecular formula is C28H28N4O3. The number of nitrogens with one attached hydrogen (secondary N) is 1. The number of aromatic hydroxyl groups is 1. The molecule has 0 aliphatic heterocycles. The number of nitro groups is 1. The summed E-state index contributed by atoms with van der Waals surface area (Å²) in [6.45, 7) is 0.896. The van der Waals surface area contributed by atoms with Gasteiger partial charge in [-0.3, -0.25) is 15.0 Å². The van der Waals surface area contributed by atoms with E-state index in [1.165, 1.54) is 43.4 Å². The summed E-state index contributed by atoms with van der Waals surface area (Å²) in [5, 5.41) is 22.7. The SMILES string of the molecule is CN(Cc1ccc(N=C(c2ccccc2)c2c(O)[nH]c3ccc([N+](=O)[O-])cc23)cc1)C1CCCC1. The Labute approximate surface area is 203 Å². The minimum absolute atomic E-state index is 0.0408. The van der Waals surface area contributed by atoms with Crippen LogP contribution in [0.4, 0.5) is 11.4 Å². The van der Waals surface area contributed by atoms with Crippen LogP contribution in [0.2, 0.25) is 0 Å². The Kier molecular flexibility index (Phi) is 6.33. The lowest BCUT2D eigenvalue weighted by Gasteiger charge is -2.24. The van der Waals surface area contributed by atoms with Crippen molar-refractivity contribution in [3.8, 4) is 5.88 Å². The number of H-pyrrole nitrogens is 1. The number of aromatic amines is 1. The van der Waals surface area contributed by atoms with E-state index >= 15 is 0 Å². The second-order valence-electron chi connectivity index (χ2n) is 9.18. The lowest BCUT2D eigenvalue weighted by atomic mass is 10.0. The number of nitro benzene ring substituents is 1. The molecule has 0 bridgehead atoms. The van der Waals surface area contributed by atoms with Gasteiger partial charge in [-0.05, 0) is 43.7 Å². The van der Waals surface area contributed by atoms with E-state index in [0.717, 1.165) is 17.8 Å². The zero-order valence-corrected chi connectivity index (χ0v) is 19.6. The molecule has 1 saturated carbocycles. The van der Waals surface area contributed by atoms with Crippen LogP contribution in [-0.4, -0.2) is 38.7 Å². The second kappa shape index (κ2) is 9.72. The number of aromatic nitrogens is 1. The Balaban J connectivity index is 1.53. The maximum absolute atomic E-state index is 11.4. The van der Waals surface area contributed by atoms with E-state index in [1.807, 2.05) is 42.5 Å². The highest BCUT2D eigenvalue weighted by Crippen LogP contribution is 2.33. The fourth-order valence-electron chi connectivity index (χ4n) is 4.95. The number of nitrogens with zero attached hydrogens (tertiary/aromatic N) is 3. The predicted octanol–water partition coefficient (Wildman–Crippen LogP) is 6.33. The van der Waals surface area contributed by atoms with Crippen molar-refractivity contribution < 1.29 is 10.0 Å². The van der Waals surface area contributed by atoms with Crippen LogP contribution in [0.15, 0.2) is 77.8 Å². The molecule has 0 amide bonds. The van der Waals surface area contributed by atoms with Crippen molar-refractivity contribution in [1.82, 2.24) is 9.88 Å². The largest absolute Gasteiger partial charge is 0.494 e. The van der Waals surface area contributed by atoms with E-state index in [1.54, 1.807) is 6.07 Å². The van der Waals surface area contributed by atoms with Gasteiger partial charge in [-0.1, -0.05) is 55.3 Å². The molecule has 5 rings (SSSR count). The Morgan fingerprint density at radius 3 is 2.49 bits per heavy atom. The summed E-state index contributed by atoms with van der Waals surface area (Å²) < 4.78 is 0. The maximum atomic E-state index is 11.4. The third kappa shape index (κ3) is 4.81. The summed E-state index contributed by atoms with van der Waals surface area (Å²) in [5.41, 5.74) is 4.34. The molecule has 1 fully saturated rings. The smallest absolute Gasteiger partial charge is 0.270 e. The van der Waals surface area contributed by atoms with Gasteiger partial charge in [-0.2, -0.15) is 0 Å². The van der Waals surface area contributed by atoms with Crippen LogP contribution >= 0.6 is 0 Å². The first-order valence-electron chi connectivity index (χ1n) is 11.9. The molecule has 35 heavy (non-hydrogen) atoms. The van der Waals surface area contributed by atoms with Crippen molar-refractivity contribution in [2.75, 3.05) is 7.05 Å². The summed E-state index contributed by atoms with van der Waals surface area (Å²) in [4.78, 5) is 21.2. The van der Waals surface area contributed by atoms with Crippen LogP contribution in [0, 0.1) is 10.1 Å². The maximum Gasteiger partial charge on any atom is 0.270 e. The van der Waals surface area contributed by atoms with E-state index in [2.05, 4.69) is 29.1 Å². The van der Waals surface area contributed by atoms with Gasteiger partial charge in [-0.15, -0.1) is 0 Å². The van der Waals surface area contributed by atoms with Crippen LogP contribution in [0.3, 0.4) is 0 Å². The Morgan fingerprint density at radius 1 is 1.09 bits per heavy atom. The van der Waals surface area contributed by atoms with Crippen molar-refractivity contribution in [3.05, 3.63) is 99.6 Å². The molecule has 7 nitrogen and oxygen atoms in total. The zero-order chi connectivity index (χ0) is 24.4. The van der Waals surface area contributed by atoms with Gasteiger partial charge in [0.05, 0.1) is 21.9 Å². The van der Waals surface area contributed by atoms with Gasteiger partial charge in [0.15, 0.2) is 5.88 Å². The average molecular weight is 469 g/mol. The van der Waals surface area contributed by atoms with Crippen LogP contribution < -0.4 is 0 Å². The topological polar surface area (TPSA) is 94.8 Å². The van der Waals surface area contributed by atoms with E-state index in [0.29, 0.717) is 28.2 Å². The van der Waals surface area contributed by atoms with E-state index in [4.69, 9.17) is 4.99 Å². The van der Waals surface area contributed by atoms with E-state index in [-0.39, 0.29) is 11.6 Å². The monoisotopic (exact) mass is 468 g/mol.